The number of fused-ring (bicyclic) bond motifs is 3. The quantitative estimate of drug-likeness (QED) is 0.154. The first-order valence-electron chi connectivity index (χ1n) is 20.7. The van der Waals surface area contributed by atoms with Crippen molar-refractivity contribution in [3.63, 3.8) is 0 Å². The van der Waals surface area contributed by atoms with E-state index in [4.69, 9.17) is 10.1 Å². The van der Waals surface area contributed by atoms with Gasteiger partial charge in [0.05, 0.1) is 22.6 Å². The zero-order valence-electron chi connectivity index (χ0n) is 33.4. The van der Waals surface area contributed by atoms with Crippen LogP contribution in [0.2, 0.25) is 0 Å². The molecule has 11 aromatic rings. The Hall–Kier alpha value is -8.14. The second-order valence-corrected chi connectivity index (χ2v) is 15.4. The van der Waals surface area contributed by atoms with Crippen LogP contribution in [0.3, 0.4) is 0 Å². The standard InChI is InChI=1S/C58H39N3/c1-6-18-40(19-7-1)45-28-16-30-48(34-45)53-37-50(38-54(59-53)49-31-17-29-46(35-49)41-20-8-2-9-21-41)47-32-33-52-51(36-47)39-55(42-22-10-3-11-23-42)61-58(52)56(43-24-12-4-13-25-43)57(60-61)44-26-14-5-15-27-44/h1-39H. The number of rotatable bonds is 8. The van der Waals surface area contributed by atoms with Gasteiger partial charge in [0.15, 0.2) is 0 Å². The number of hydrogen-bond acceptors (Lipinski definition) is 2. The van der Waals surface area contributed by atoms with E-state index in [-0.39, 0.29) is 0 Å². The molecule has 0 spiro atoms. The summed E-state index contributed by atoms with van der Waals surface area (Å²) >= 11 is 0. The molecule has 8 aromatic carbocycles. The first-order valence-corrected chi connectivity index (χ1v) is 20.7. The fourth-order valence-electron chi connectivity index (χ4n) is 8.59. The monoisotopic (exact) mass is 777 g/mol. The topological polar surface area (TPSA) is 30.2 Å². The molecule has 0 aliphatic rings. The van der Waals surface area contributed by atoms with Gasteiger partial charge in [0.25, 0.3) is 0 Å². The molecule has 11 rings (SSSR count). The van der Waals surface area contributed by atoms with Gasteiger partial charge in [0.2, 0.25) is 0 Å². The van der Waals surface area contributed by atoms with E-state index in [1.54, 1.807) is 0 Å². The van der Waals surface area contributed by atoms with Gasteiger partial charge in [-0.3, -0.25) is 0 Å². The van der Waals surface area contributed by atoms with Gasteiger partial charge >= 0.3 is 0 Å². The van der Waals surface area contributed by atoms with Gasteiger partial charge in [-0.1, -0.05) is 200 Å². The summed E-state index contributed by atoms with van der Waals surface area (Å²) in [5.74, 6) is 0. The third-order valence-corrected chi connectivity index (χ3v) is 11.6. The van der Waals surface area contributed by atoms with Gasteiger partial charge in [-0.2, -0.15) is 5.10 Å². The van der Waals surface area contributed by atoms with Gasteiger partial charge in [-0.05, 0) is 80.7 Å². The summed E-state index contributed by atoms with van der Waals surface area (Å²) < 4.78 is 2.16. The molecule has 3 heterocycles. The highest BCUT2D eigenvalue weighted by Crippen LogP contribution is 2.42. The second-order valence-electron chi connectivity index (χ2n) is 15.4. The van der Waals surface area contributed by atoms with E-state index >= 15 is 0 Å². The predicted octanol–water partition coefficient (Wildman–Crippen LogP) is 15.2. The molecule has 0 fully saturated rings. The lowest BCUT2D eigenvalue weighted by Gasteiger charge is -2.14. The molecular weight excluding hydrogens is 739 g/mol. The third kappa shape index (κ3) is 6.88. The lowest BCUT2D eigenvalue weighted by molar-refractivity contribution is 0.979. The van der Waals surface area contributed by atoms with Crippen LogP contribution in [0.5, 0.6) is 0 Å². The summed E-state index contributed by atoms with van der Waals surface area (Å²) in [6.45, 7) is 0. The van der Waals surface area contributed by atoms with Crippen molar-refractivity contribution < 1.29 is 0 Å². The maximum Gasteiger partial charge on any atom is 0.101 e. The minimum absolute atomic E-state index is 0.922. The van der Waals surface area contributed by atoms with Crippen LogP contribution in [0.25, 0.3) is 106 Å². The minimum Gasteiger partial charge on any atom is -0.248 e. The normalized spacial score (nSPS) is 11.3. The maximum atomic E-state index is 5.42. The molecule has 0 aliphatic carbocycles. The van der Waals surface area contributed by atoms with Gasteiger partial charge < -0.3 is 0 Å². The number of hydrogen-bond donors (Lipinski definition) is 0. The molecule has 0 atom stereocenters. The highest BCUT2D eigenvalue weighted by atomic mass is 15.2. The van der Waals surface area contributed by atoms with Crippen LogP contribution in [-0.2, 0) is 0 Å². The lowest BCUT2D eigenvalue weighted by Crippen LogP contribution is -1.96. The van der Waals surface area contributed by atoms with E-state index in [9.17, 15) is 0 Å². The fraction of sp³-hybridized carbons (Fsp3) is 0. The fourth-order valence-corrected chi connectivity index (χ4v) is 8.59. The largest absolute Gasteiger partial charge is 0.248 e. The Morgan fingerprint density at radius 2 is 0.738 bits per heavy atom. The van der Waals surface area contributed by atoms with Crippen molar-refractivity contribution in [2.75, 3.05) is 0 Å². The molecule has 3 heteroatoms. The lowest BCUT2D eigenvalue weighted by atomic mass is 9.94. The average molecular weight is 778 g/mol. The summed E-state index contributed by atoms with van der Waals surface area (Å²) in [5, 5.41) is 7.70. The van der Waals surface area contributed by atoms with Gasteiger partial charge in [0.1, 0.15) is 5.69 Å². The number of nitrogens with zero attached hydrogens (tertiary/aromatic N) is 3. The van der Waals surface area contributed by atoms with Gasteiger partial charge in [-0.15, -0.1) is 0 Å². The highest BCUT2D eigenvalue weighted by molar-refractivity contribution is 6.09. The Labute approximate surface area is 355 Å². The molecule has 0 N–H and O–H groups in total. The van der Waals surface area contributed by atoms with Crippen LogP contribution in [0, 0.1) is 0 Å². The molecule has 0 radical (unpaired) electrons. The summed E-state index contributed by atoms with van der Waals surface area (Å²) in [7, 11) is 0. The SMILES string of the molecule is c1ccc(-c2cccc(-c3cc(-c4ccc5c(c4)cc(-c4ccccc4)n4nc(-c6ccccc6)c(-c6ccccc6)c54)cc(-c4cccc(-c5ccccc5)c4)n3)c2)cc1. The van der Waals surface area contributed by atoms with E-state index < -0.39 is 0 Å². The molecule has 0 amide bonds. The Bertz CT molecular complexity index is 3220. The van der Waals surface area contributed by atoms with Crippen molar-refractivity contribution in [2.24, 2.45) is 0 Å². The van der Waals surface area contributed by atoms with Crippen LogP contribution in [0.15, 0.2) is 237 Å². The first kappa shape index (κ1) is 36.0. The van der Waals surface area contributed by atoms with Gasteiger partial charge in [-0.25, -0.2) is 9.50 Å². The minimum atomic E-state index is 0.922. The highest BCUT2D eigenvalue weighted by Gasteiger charge is 2.22. The summed E-state index contributed by atoms with van der Waals surface area (Å²) in [6, 6.07) is 84.1. The first-order chi connectivity index (χ1) is 30.2. The zero-order valence-corrected chi connectivity index (χ0v) is 33.4. The van der Waals surface area contributed by atoms with E-state index in [1.807, 2.05) is 0 Å². The third-order valence-electron chi connectivity index (χ3n) is 11.6. The molecular formula is C58H39N3. The van der Waals surface area contributed by atoms with Crippen LogP contribution in [0.1, 0.15) is 0 Å². The van der Waals surface area contributed by atoms with E-state index in [0.29, 0.717) is 0 Å². The predicted molar refractivity (Wildman–Crippen MR) is 254 cm³/mol. The molecule has 61 heavy (non-hydrogen) atoms. The number of benzene rings is 8. The molecule has 286 valence electrons. The average Bonchev–Trinajstić information content (AvgIpc) is 3.76. The summed E-state index contributed by atoms with van der Waals surface area (Å²) in [6.07, 6.45) is 0. The summed E-state index contributed by atoms with van der Waals surface area (Å²) in [5.41, 5.74) is 18.4. The van der Waals surface area contributed by atoms with E-state index in [1.165, 1.54) is 11.1 Å². The number of pyridine rings is 2. The van der Waals surface area contributed by atoms with Crippen molar-refractivity contribution in [1.82, 2.24) is 14.6 Å². The van der Waals surface area contributed by atoms with Crippen LogP contribution in [0.4, 0.5) is 0 Å². The van der Waals surface area contributed by atoms with Crippen LogP contribution < -0.4 is 0 Å². The van der Waals surface area contributed by atoms with Crippen molar-refractivity contribution >= 4 is 16.3 Å². The molecule has 0 saturated heterocycles. The molecule has 0 aliphatic heterocycles. The Balaban J connectivity index is 1.15. The Morgan fingerprint density at radius 3 is 1.28 bits per heavy atom. The number of aromatic nitrogens is 3. The van der Waals surface area contributed by atoms with Crippen molar-refractivity contribution in [1.29, 1.82) is 0 Å². The van der Waals surface area contributed by atoms with Crippen LogP contribution in [-0.4, -0.2) is 14.6 Å². The second kappa shape index (κ2) is 15.6. The zero-order chi connectivity index (χ0) is 40.5. The van der Waals surface area contributed by atoms with Crippen LogP contribution >= 0.6 is 0 Å². The molecule has 0 unspecified atom stereocenters. The van der Waals surface area contributed by atoms with E-state index in [2.05, 4.69) is 241 Å². The van der Waals surface area contributed by atoms with Gasteiger partial charge in [0, 0.05) is 33.2 Å². The van der Waals surface area contributed by atoms with Crippen molar-refractivity contribution in [3.8, 4) is 89.5 Å². The van der Waals surface area contributed by atoms with Crippen molar-refractivity contribution in [2.45, 2.75) is 0 Å². The summed E-state index contributed by atoms with van der Waals surface area (Å²) in [4.78, 5) is 5.39. The van der Waals surface area contributed by atoms with E-state index in [0.717, 1.165) is 94.7 Å². The smallest absolute Gasteiger partial charge is 0.101 e. The molecule has 0 bridgehead atoms. The van der Waals surface area contributed by atoms with Crippen molar-refractivity contribution in [3.05, 3.63) is 237 Å². The molecule has 0 saturated carbocycles. The Kier molecular flexibility index (Phi) is 9.18. The molecule has 3 aromatic heterocycles. The maximum absolute atomic E-state index is 5.42. The molecule has 3 nitrogen and oxygen atoms in total. The Morgan fingerprint density at radius 1 is 0.295 bits per heavy atom.